The SMILES string of the molecule is Br.O=C(O)C(F)(F)C(F)(F)C(F)(F)C(F)(F)C(F)(F)C(F)(F)C(F)(F)F. The van der Waals surface area contributed by atoms with Crippen LogP contribution in [0, 0.1) is 0 Å². The van der Waals surface area contributed by atoms with Crippen LogP contribution in [0.3, 0.4) is 0 Å². The Morgan fingerprint density at radius 2 is 0.731 bits per heavy atom. The molecule has 0 saturated carbocycles. The first kappa shape index (κ1) is 27.1. The summed E-state index contributed by atoms with van der Waals surface area (Å²) in [4.78, 5) is 9.72. The number of carboxylic acid groups (broad SMARTS) is 1. The van der Waals surface area contributed by atoms with Gasteiger partial charge in [0.25, 0.3) is 0 Å². The molecule has 0 atom stereocenters. The second kappa shape index (κ2) is 6.50. The zero-order chi connectivity index (χ0) is 21.1. The van der Waals surface area contributed by atoms with Gasteiger partial charge in [-0.2, -0.15) is 65.9 Å². The molecule has 26 heavy (non-hydrogen) atoms. The molecule has 0 spiro atoms. The maximum atomic E-state index is 12.8. The molecule has 0 aliphatic rings. The number of hydrogen-bond acceptors (Lipinski definition) is 1. The van der Waals surface area contributed by atoms with Gasteiger partial charge in [0.2, 0.25) is 0 Å². The van der Waals surface area contributed by atoms with Crippen molar-refractivity contribution in [1.29, 1.82) is 0 Å². The van der Waals surface area contributed by atoms with Gasteiger partial charge < -0.3 is 5.11 Å². The number of aliphatic carboxylic acids is 1. The van der Waals surface area contributed by atoms with E-state index in [1.165, 1.54) is 0 Å². The smallest absolute Gasteiger partial charge is 0.460 e. The van der Waals surface area contributed by atoms with Crippen LogP contribution in [0.5, 0.6) is 0 Å². The van der Waals surface area contributed by atoms with Crippen molar-refractivity contribution < 1.29 is 75.8 Å². The van der Waals surface area contributed by atoms with Crippen molar-refractivity contribution >= 4 is 23.0 Å². The Kier molecular flexibility index (Phi) is 6.78. The largest absolute Gasteiger partial charge is 0.477 e. The van der Waals surface area contributed by atoms with Crippen LogP contribution in [0.25, 0.3) is 0 Å². The quantitative estimate of drug-likeness (QED) is 0.526. The lowest BCUT2D eigenvalue weighted by Gasteiger charge is -2.40. The molecule has 0 bridgehead atoms. The topological polar surface area (TPSA) is 37.3 Å². The highest BCUT2D eigenvalue weighted by molar-refractivity contribution is 8.93. The number of carbonyl (C=O) groups is 1. The minimum Gasteiger partial charge on any atom is -0.477 e. The van der Waals surface area contributed by atoms with E-state index in [0.29, 0.717) is 0 Å². The highest BCUT2D eigenvalue weighted by Gasteiger charge is 2.94. The summed E-state index contributed by atoms with van der Waals surface area (Å²) in [5.74, 6) is -52.8. The Morgan fingerprint density at radius 1 is 0.500 bits per heavy atom. The lowest BCUT2D eigenvalue weighted by atomic mass is 9.91. The van der Waals surface area contributed by atoms with E-state index >= 15 is 0 Å². The van der Waals surface area contributed by atoms with Gasteiger partial charge in [-0.25, -0.2) is 4.79 Å². The van der Waals surface area contributed by atoms with Crippen LogP contribution in [0.1, 0.15) is 0 Å². The minimum atomic E-state index is -8.47. The van der Waals surface area contributed by atoms with Crippen molar-refractivity contribution in [2.45, 2.75) is 41.7 Å². The first-order valence-corrected chi connectivity index (χ1v) is 5.01. The van der Waals surface area contributed by atoms with Crippen LogP contribution in [0.2, 0.25) is 0 Å². The van der Waals surface area contributed by atoms with E-state index in [0.717, 1.165) is 0 Å². The summed E-state index contributed by atoms with van der Waals surface area (Å²) in [6.07, 6.45) is -7.69. The minimum absolute atomic E-state index is 0. The van der Waals surface area contributed by atoms with Crippen LogP contribution in [0.15, 0.2) is 0 Å². The van der Waals surface area contributed by atoms with E-state index in [1.807, 2.05) is 0 Å². The Balaban J connectivity index is 0. The molecule has 0 heterocycles. The second-order valence-corrected chi connectivity index (χ2v) is 4.25. The fourth-order valence-corrected chi connectivity index (χ4v) is 1.10. The fourth-order valence-electron chi connectivity index (χ4n) is 1.10. The van der Waals surface area contributed by atoms with Gasteiger partial charge >= 0.3 is 47.7 Å². The zero-order valence-corrected chi connectivity index (χ0v) is 12.6. The molecule has 0 aliphatic heterocycles. The third kappa shape index (κ3) is 3.17. The van der Waals surface area contributed by atoms with Crippen LogP contribution >= 0.6 is 17.0 Å². The van der Waals surface area contributed by atoms with Gasteiger partial charge in [0.05, 0.1) is 0 Å². The summed E-state index contributed by atoms with van der Waals surface area (Å²) in [5, 5.41) is 7.57. The third-order valence-electron chi connectivity index (χ3n) is 2.60. The predicted molar refractivity (Wildman–Crippen MR) is 53.7 cm³/mol. The van der Waals surface area contributed by atoms with Crippen molar-refractivity contribution in [1.82, 2.24) is 0 Å². The van der Waals surface area contributed by atoms with E-state index in [1.54, 1.807) is 0 Å². The van der Waals surface area contributed by atoms with Gasteiger partial charge in [-0.1, -0.05) is 0 Å². The maximum Gasteiger partial charge on any atom is 0.460 e. The molecular formula is C8H2BrF15O2. The highest BCUT2D eigenvalue weighted by Crippen LogP contribution is 2.62. The lowest BCUT2D eigenvalue weighted by Crippen LogP contribution is -2.73. The number of hydrogen-bond donors (Lipinski definition) is 1. The molecule has 0 amide bonds. The van der Waals surface area contributed by atoms with Crippen LogP contribution in [0.4, 0.5) is 65.9 Å². The van der Waals surface area contributed by atoms with E-state index < -0.39 is 47.7 Å². The summed E-state index contributed by atoms with van der Waals surface area (Å²) in [6.45, 7) is 0. The van der Waals surface area contributed by atoms with Crippen LogP contribution in [-0.2, 0) is 4.79 Å². The zero-order valence-electron chi connectivity index (χ0n) is 10.9. The molecule has 0 aromatic heterocycles. The van der Waals surface area contributed by atoms with Crippen molar-refractivity contribution in [3.05, 3.63) is 0 Å². The number of alkyl halides is 15. The van der Waals surface area contributed by atoms with Gasteiger partial charge in [0.1, 0.15) is 0 Å². The lowest BCUT2D eigenvalue weighted by molar-refractivity contribution is -0.450. The first-order chi connectivity index (χ1) is 10.4. The molecule has 0 aliphatic carbocycles. The van der Waals surface area contributed by atoms with Crippen molar-refractivity contribution in [3.63, 3.8) is 0 Å². The van der Waals surface area contributed by atoms with Gasteiger partial charge in [0.15, 0.2) is 0 Å². The van der Waals surface area contributed by atoms with Gasteiger partial charge in [-0.05, 0) is 0 Å². The summed E-state index contributed by atoms with van der Waals surface area (Å²) in [5.41, 5.74) is 0. The molecule has 2 nitrogen and oxygen atoms in total. The highest BCUT2D eigenvalue weighted by atomic mass is 79.9. The molecule has 0 aromatic carbocycles. The molecule has 0 rings (SSSR count). The molecule has 158 valence electrons. The summed E-state index contributed by atoms with van der Waals surface area (Å²) >= 11 is 0. The Labute approximate surface area is 141 Å². The number of rotatable bonds is 6. The van der Waals surface area contributed by atoms with Crippen LogP contribution < -0.4 is 0 Å². The molecule has 0 unspecified atom stereocenters. The average Bonchev–Trinajstić information content (AvgIpc) is 2.35. The molecule has 0 radical (unpaired) electrons. The van der Waals surface area contributed by atoms with E-state index in [9.17, 15) is 70.7 Å². The molecule has 18 heteroatoms. The van der Waals surface area contributed by atoms with Gasteiger partial charge in [-0.3, -0.25) is 0 Å². The fraction of sp³-hybridized carbons (Fsp3) is 0.875. The van der Waals surface area contributed by atoms with Crippen molar-refractivity contribution in [2.75, 3.05) is 0 Å². The predicted octanol–water partition coefficient (Wildman–Crippen LogP) is 5.02. The van der Waals surface area contributed by atoms with Crippen molar-refractivity contribution in [2.24, 2.45) is 0 Å². The third-order valence-corrected chi connectivity index (χ3v) is 2.60. The second-order valence-electron chi connectivity index (χ2n) is 4.25. The van der Waals surface area contributed by atoms with Gasteiger partial charge in [0, 0.05) is 0 Å². The van der Waals surface area contributed by atoms with E-state index in [4.69, 9.17) is 5.11 Å². The van der Waals surface area contributed by atoms with E-state index in [-0.39, 0.29) is 17.0 Å². The normalized spacial score (nSPS) is 15.5. The average molecular weight is 495 g/mol. The first-order valence-electron chi connectivity index (χ1n) is 5.01. The Hall–Kier alpha value is -1.10. The van der Waals surface area contributed by atoms with E-state index in [2.05, 4.69) is 0 Å². The monoisotopic (exact) mass is 494 g/mol. The molecule has 0 aromatic rings. The molecule has 0 saturated heterocycles. The summed E-state index contributed by atoms with van der Waals surface area (Å²) in [6, 6.07) is 0. The van der Waals surface area contributed by atoms with Gasteiger partial charge in [-0.15, -0.1) is 17.0 Å². The Morgan fingerprint density at radius 3 is 0.962 bits per heavy atom. The summed E-state index contributed by atoms with van der Waals surface area (Å²) in [7, 11) is 0. The summed E-state index contributed by atoms with van der Waals surface area (Å²) < 4.78 is 187. The standard InChI is InChI=1S/C8HF15O2.BrH/c9-2(10,1(24)25)3(11,12)4(13,14)5(15,16)6(17,18)7(19,20)8(21,22)23;/h(H,24,25);1H. The van der Waals surface area contributed by atoms with Crippen molar-refractivity contribution in [3.8, 4) is 0 Å². The molecular weight excluding hydrogens is 493 g/mol. The Bertz CT molecular complexity index is 536. The molecule has 1 N–H and O–H groups in total. The number of carboxylic acids is 1. The molecule has 0 fully saturated rings. The maximum absolute atomic E-state index is 12.8. The van der Waals surface area contributed by atoms with Crippen LogP contribution in [-0.4, -0.2) is 52.8 Å². The number of halogens is 16.